The Balaban J connectivity index is 0. The molecule has 22 heavy (non-hydrogen) atoms. The zero-order valence-corrected chi connectivity index (χ0v) is 17.2. The zero-order valence-electron chi connectivity index (χ0n) is 14.3. The first-order chi connectivity index (χ1) is 9.84. The molecule has 0 aliphatic heterocycles. The maximum atomic E-state index is 11.9. The van der Waals surface area contributed by atoms with Crippen molar-refractivity contribution in [3.05, 3.63) is 0 Å². The molecule has 2 atom stereocenters. The molecular weight excluding hydrogens is 313 g/mol. The Morgan fingerprint density at radius 3 is 1.91 bits per heavy atom. The van der Waals surface area contributed by atoms with E-state index < -0.39 is 33.6 Å². The topological polar surface area (TPSA) is 100 Å². The molecule has 0 bridgehead atoms. The Morgan fingerprint density at radius 1 is 1.05 bits per heavy atom. The third kappa shape index (κ3) is 11.1. The van der Waals surface area contributed by atoms with E-state index in [9.17, 15) is 17.8 Å². The molecule has 0 aliphatic carbocycles. The van der Waals surface area contributed by atoms with Crippen LogP contribution in [0.4, 0.5) is 0 Å². The third-order valence-corrected chi connectivity index (χ3v) is 4.98. The standard InChI is InChI=1S/C15H31NO4S.Na/c1-3-4-5-6-7-8-9-10-11-13(2)15(17)14(12-16)21(18,19)20;/h13-14H,3-12,16H2,1-2H3,(H,18,19,20);/q;+1/p-1. The van der Waals surface area contributed by atoms with Gasteiger partial charge in [-0.2, -0.15) is 0 Å². The van der Waals surface area contributed by atoms with Gasteiger partial charge in [0.25, 0.3) is 0 Å². The molecule has 0 aromatic rings. The normalized spacial score (nSPS) is 14.2. The van der Waals surface area contributed by atoms with Crippen LogP contribution in [0.5, 0.6) is 0 Å². The largest absolute Gasteiger partial charge is 1.00 e. The minimum absolute atomic E-state index is 0. The molecule has 0 heterocycles. The van der Waals surface area contributed by atoms with E-state index in [0.29, 0.717) is 6.42 Å². The van der Waals surface area contributed by atoms with Crippen molar-refractivity contribution in [2.24, 2.45) is 11.7 Å². The molecule has 0 aromatic heterocycles. The number of unbranched alkanes of at least 4 members (excludes halogenated alkanes) is 7. The van der Waals surface area contributed by atoms with Crippen molar-refractivity contribution < 1.29 is 47.3 Å². The van der Waals surface area contributed by atoms with Gasteiger partial charge in [-0.25, -0.2) is 8.42 Å². The van der Waals surface area contributed by atoms with Gasteiger partial charge in [0.1, 0.15) is 15.4 Å². The molecule has 5 nitrogen and oxygen atoms in total. The van der Waals surface area contributed by atoms with Crippen molar-refractivity contribution in [1.82, 2.24) is 0 Å². The van der Waals surface area contributed by atoms with Gasteiger partial charge in [-0.3, -0.25) is 4.79 Å². The molecule has 0 saturated heterocycles. The second-order valence-electron chi connectivity index (χ2n) is 5.78. The Kier molecular flexibility index (Phi) is 15.7. The van der Waals surface area contributed by atoms with Crippen LogP contribution in [0, 0.1) is 5.92 Å². The predicted molar refractivity (Wildman–Crippen MR) is 83.9 cm³/mol. The van der Waals surface area contributed by atoms with Crippen molar-refractivity contribution in [3.8, 4) is 0 Å². The molecule has 7 heteroatoms. The summed E-state index contributed by atoms with van der Waals surface area (Å²) in [6.07, 6.45) is 9.97. The summed E-state index contributed by atoms with van der Waals surface area (Å²) in [6.45, 7) is 3.44. The van der Waals surface area contributed by atoms with Gasteiger partial charge in [-0.1, -0.05) is 65.2 Å². The van der Waals surface area contributed by atoms with Crippen LogP contribution in [0.25, 0.3) is 0 Å². The molecule has 2 N–H and O–H groups in total. The number of hydrogen-bond acceptors (Lipinski definition) is 5. The van der Waals surface area contributed by atoms with Gasteiger partial charge in [0.15, 0.2) is 5.78 Å². The van der Waals surface area contributed by atoms with E-state index in [0.717, 1.165) is 19.3 Å². The predicted octanol–water partition coefficient (Wildman–Crippen LogP) is -0.401. The number of hydrogen-bond donors (Lipinski definition) is 1. The van der Waals surface area contributed by atoms with Crippen LogP contribution >= 0.6 is 0 Å². The Hall–Kier alpha value is 0.540. The van der Waals surface area contributed by atoms with Gasteiger partial charge in [0.05, 0.1) is 0 Å². The van der Waals surface area contributed by atoms with Gasteiger partial charge >= 0.3 is 29.6 Å². The molecule has 0 rings (SSSR count). The first kappa shape index (κ1) is 24.8. The fourth-order valence-electron chi connectivity index (χ4n) is 2.42. The maximum Gasteiger partial charge on any atom is 1.00 e. The van der Waals surface area contributed by atoms with Crippen LogP contribution in [0.15, 0.2) is 0 Å². The van der Waals surface area contributed by atoms with Crippen molar-refractivity contribution in [2.75, 3.05) is 6.54 Å². The van der Waals surface area contributed by atoms with E-state index >= 15 is 0 Å². The van der Waals surface area contributed by atoms with Crippen molar-refractivity contribution in [1.29, 1.82) is 0 Å². The van der Waals surface area contributed by atoms with Crippen molar-refractivity contribution >= 4 is 15.9 Å². The molecule has 126 valence electrons. The average molecular weight is 343 g/mol. The number of carbonyl (C=O) groups is 1. The monoisotopic (exact) mass is 343 g/mol. The first-order valence-electron chi connectivity index (χ1n) is 8.03. The van der Waals surface area contributed by atoms with E-state index in [1.807, 2.05) is 0 Å². The van der Waals surface area contributed by atoms with E-state index in [1.165, 1.54) is 32.1 Å². The van der Waals surface area contributed by atoms with Crippen LogP contribution in [0.3, 0.4) is 0 Å². The molecular formula is C15H30NNaO4S. The number of nitrogens with two attached hydrogens (primary N) is 1. The second kappa shape index (κ2) is 13.9. The first-order valence-corrected chi connectivity index (χ1v) is 9.50. The summed E-state index contributed by atoms with van der Waals surface area (Å²) in [7, 11) is -4.63. The minimum atomic E-state index is -4.63. The van der Waals surface area contributed by atoms with Crippen LogP contribution in [-0.4, -0.2) is 30.5 Å². The Morgan fingerprint density at radius 2 is 1.50 bits per heavy atom. The summed E-state index contributed by atoms with van der Waals surface area (Å²) < 4.78 is 32.9. The molecule has 0 saturated carbocycles. The molecule has 0 aromatic carbocycles. The summed E-state index contributed by atoms with van der Waals surface area (Å²) in [6, 6.07) is 0. The zero-order chi connectivity index (χ0) is 16.3. The summed E-state index contributed by atoms with van der Waals surface area (Å²) in [4.78, 5) is 11.9. The Labute approximate surface area is 157 Å². The molecule has 0 amide bonds. The van der Waals surface area contributed by atoms with E-state index in [2.05, 4.69) is 6.92 Å². The van der Waals surface area contributed by atoms with E-state index in [-0.39, 0.29) is 29.6 Å². The molecule has 0 fully saturated rings. The van der Waals surface area contributed by atoms with Crippen LogP contribution in [0.2, 0.25) is 0 Å². The molecule has 0 aliphatic rings. The van der Waals surface area contributed by atoms with Crippen LogP contribution in [0.1, 0.15) is 71.6 Å². The maximum absolute atomic E-state index is 11.9. The fraction of sp³-hybridized carbons (Fsp3) is 0.933. The van der Waals surface area contributed by atoms with Gasteiger partial charge in [0, 0.05) is 12.5 Å². The summed E-state index contributed by atoms with van der Waals surface area (Å²) in [5.41, 5.74) is 5.23. The summed E-state index contributed by atoms with van der Waals surface area (Å²) >= 11 is 0. The third-order valence-electron chi connectivity index (χ3n) is 3.86. The van der Waals surface area contributed by atoms with Crippen molar-refractivity contribution in [2.45, 2.75) is 76.9 Å². The fourth-order valence-corrected chi connectivity index (χ4v) is 3.17. The average Bonchev–Trinajstić information content (AvgIpc) is 2.40. The van der Waals surface area contributed by atoms with Crippen LogP contribution in [-0.2, 0) is 14.9 Å². The summed E-state index contributed by atoms with van der Waals surface area (Å²) in [5, 5.41) is -1.58. The molecule has 2 unspecified atom stereocenters. The number of Topliss-reactive ketones (excluding diaryl/α,β-unsaturated/α-hetero) is 1. The van der Waals surface area contributed by atoms with Gasteiger partial charge in [-0.15, -0.1) is 0 Å². The second-order valence-corrected chi connectivity index (χ2v) is 7.34. The van der Waals surface area contributed by atoms with Crippen molar-refractivity contribution in [3.63, 3.8) is 0 Å². The number of carbonyl (C=O) groups excluding carboxylic acids is 1. The van der Waals surface area contributed by atoms with Crippen LogP contribution < -0.4 is 35.3 Å². The van der Waals surface area contributed by atoms with Gasteiger partial charge in [0.2, 0.25) is 0 Å². The molecule has 0 spiro atoms. The van der Waals surface area contributed by atoms with Gasteiger partial charge < -0.3 is 10.3 Å². The number of ketones is 1. The summed E-state index contributed by atoms with van der Waals surface area (Å²) in [5.74, 6) is -0.946. The van der Waals surface area contributed by atoms with Gasteiger partial charge in [-0.05, 0) is 6.42 Å². The van der Waals surface area contributed by atoms with E-state index in [4.69, 9.17) is 5.73 Å². The SMILES string of the molecule is CCCCCCCCCCC(C)C(=O)C(CN)S(=O)(=O)[O-].[Na+]. The molecule has 0 radical (unpaired) electrons. The smallest absolute Gasteiger partial charge is 0.747 e. The number of rotatable bonds is 13. The quantitative estimate of drug-likeness (QED) is 0.279. The van der Waals surface area contributed by atoms with E-state index in [1.54, 1.807) is 6.92 Å². The minimum Gasteiger partial charge on any atom is -0.747 e. The Bertz CT molecular complexity index is 387.